The van der Waals surface area contributed by atoms with Crippen LogP contribution in [-0.4, -0.2) is 31.5 Å². The summed E-state index contributed by atoms with van der Waals surface area (Å²) >= 11 is 6.27. The number of nitrogens with one attached hydrogen (secondary N) is 1. The Morgan fingerprint density at radius 2 is 1.86 bits per heavy atom. The molecule has 0 amide bonds. The fourth-order valence-electron chi connectivity index (χ4n) is 4.41. The predicted octanol–water partition coefficient (Wildman–Crippen LogP) is 5.00. The molecule has 2 aromatic carbocycles. The number of aromatic nitrogens is 5. The first kappa shape index (κ1) is 18.2. The molecular formula is C22H23ClN6. The van der Waals surface area contributed by atoms with Crippen LogP contribution >= 0.6 is 11.6 Å². The third kappa shape index (κ3) is 3.08. The van der Waals surface area contributed by atoms with Crippen LogP contribution in [0.15, 0.2) is 42.7 Å². The lowest BCUT2D eigenvalue weighted by Crippen LogP contribution is -2.27. The maximum absolute atomic E-state index is 6.27. The van der Waals surface area contributed by atoms with Gasteiger partial charge in [0.1, 0.15) is 11.5 Å². The second-order valence-corrected chi connectivity index (χ2v) is 8.39. The number of rotatable bonds is 3. The highest BCUT2D eigenvalue weighted by atomic mass is 35.5. The Bertz CT molecular complexity index is 1180. The minimum absolute atomic E-state index is 0.150. The maximum Gasteiger partial charge on any atom is 0.130 e. The molecule has 2 aromatic heterocycles. The SMILES string of the molecule is Cc1ccc(-n2nccn2)c(N2CC[C@H](C)[C@H]2c2nc3c(C)cc(Cl)cc3[nH]2)c1. The summed E-state index contributed by atoms with van der Waals surface area (Å²) in [5.74, 6) is 1.45. The lowest BCUT2D eigenvalue weighted by molar-refractivity contribution is 0.513. The summed E-state index contributed by atoms with van der Waals surface area (Å²) in [5.41, 5.74) is 6.38. The van der Waals surface area contributed by atoms with Crippen LogP contribution in [0.3, 0.4) is 0 Å². The Morgan fingerprint density at radius 3 is 2.66 bits per heavy atom. The Morgan fingerprint density at radius 1 is 1.07 bits per heavy atom. The number of benzene rings is 2. The molecule has 0 spiro atoms. The van der Waals surface area contributed by atoms with Gasteiger partial charge in [-0.15, -0.1) is 4.80 Å². The Hall–Kier alpha value is -2.86. The molecule has 148 valence electrons. The van der Waals surface area contributed by atoms with Crippen molar-refractivity contribution < 1.29 is 0 Å². The summed E-state index contributed by atoms with van der Waals surface area (Å²) in [6.07, 6.45) is 4.51. The second kappa shape index (κ2) is 6.88. The number of fused-ring (bicyclic) bond motifs is 1. The first-order valence-electron chi connectivity index (χ1n) is 9.91. The smallest absolute Gasteiger partial charge is 0.130 e. The van der Waals surface area contributed by atoms with Crippen LogP contribution in [0.5, 0.6) is 0 Å². The topological polar surface area (TPSA) is 62.6 Å². The number of halogens is 1. The lowest BCUT2D eigenvalue weighted by atomic mass is 10.0. The van der Waals surface area contributed by atoms with Gasteiger partial charge in [0.25, 0.3) is 0 Å². The first-order chi connectivity index (χ1) is 14.0. The van der Waals surface area contributed by atoms with E-state index in [2.05, 4.69) is 59.1 Å². The van der Waals surface area contributed by atoms with E-state index >= 15 is 0 Å². The summed E-state index contributed by atoms with van der Waals surface area (Å²) in [4.78, 5) is 12.7. The minimum Gasteiger partial charge on any atom is -0.359 e. The number of nitrogens with zero attached hydrogens (tertiary/aromatic N) is 5. The third-order valence-electron chi connectivity index (χ3n) is 5.82. The first-order valence-corrected chi connectivity index (χ1v) is 10.3. The van der Waals surface area contributed by atoms with E-state index in [-0.39, 0.29) is 6.04 Å². The van der Waals surface area contributed by atoms with Crippen molar-refractivity contribution in [2.45, 2.75) is 33.2 Å². The van der Waals surface area contributed by atoms with E-state index in [1.165, 1.54) is 5.56 Å². The van der Waals surface area contributed by atoms with Crippen LogP contribution in [0.4, 0.5) is 5.69 Å². The molecule has 0 saturated carbocycles. The van der Waals surface area contributed by atoms with Crippen molar-refractivity contribution in [3.05, 3.63) is 64.7 Å². The molecule has 0 bridgehead atoms. The van der Waals surface area contributed by atoms with Gasteiger partial charge in [0, 0.05) is 11.6 Å². The van der Waals surface area contributed by atoms with Crippen LogP contribution in [0, 0.1) is 19.8 Å². The van der Waals surface area contributed by atoms with Crippen LogP contribution in [-0.2, 0) is 0 Å². The van der Waals surface area contributed by atoms with Crippen LogP contribution in [0.1, 0.15) is 36.3 Å². The van der Waals surface area contributed by atoms with Gasteiger partial charge in [-0.05, 0) is 61.6 Å². The van der Waals surface area contributed by atoms with Crippen molar-refractivity contribution in [3.8, 4) is 5.69 Å². The molecule has 6 nitrogen and oxygen atoms in total. The highest BCUT2D eigenvalue weighted by molar-refractivity contribution is 6.31. The highest BCUT2D eigenvalue weighted by Gasteiger charge is 2.36. The second-order valence-electron chi connectivity index (χ2n) is 7.96. The molecule has 1 aliphatic heterocycles. The van der Waals surface area contributed by atoms with Crippen molar-refractivity contribution in [2.75, 3.05) is 11.4 Å². The standard InChI is InChI=1S/C22H23ClN6/c1-13-4-5-18(29-24-7-8-25-29)19(10-13)28-9-6-14(2)21(28)22-26-17-12-16(23)11-15(3)20(17)27-22/h4-5,7-8,10-12,14,21H,6,9H2,1-3H3,(H,26,27)/t14-,21-/m0/s1. The zero-order chi connectivity index (χ0) is 20.1. The normalized spacial score (nSPS) is 19.4. The number of hydrogen-bond donors (Lipinski definition) is 1. The van der Waals surface area contributed by atoms with Gasteiger partial charge in [-0.25, -0.2) is 4.98 Å². The Kier molecular flexibility index (Phi) is 4.32. The summed E-state index contributed by atoms with van der Waals surface area (Å²) in [7, 11) is 0. The van der Waals surface area contributed by atoms with E-state index in [9.17, 15) is 0 Å². The van der Waals surface area contributed by atoms with Gasteiger partial charge in [0.05, 0.1) is 35.2 Å². The quantitative estimate of drug-likeness (QED) is 0.520. The Labute approximate surface area is 174 Å². The number of hydrogen-bond acceptors (Lipinski definition) is 4. The Balaban J connectivity index is 1.64. The molecule has 0 radical (unpaired) electrons. The molecule has 5 rings (SSSR count). The minimum atomic E-state index is 0.150. The lowest BCUT2D eigenvalue weighted by Gasteiger charge is -2.29. The average Bonchev–Trinajstić information content (AvgIpc) is 3.40. The van der Waals surface area contributed by atoms with Crippen LogP contribution in [0.25, 0.3) is 16.7 Å². The molecule has 3 heterocycles. The molecule has 7 heteroatoms. The summed E-state index contributed by atoms with van der Waals surface area (Å²) in [6, 6.07) is 10.5. The van der Waals surface area contributed by atoms with Crippen LogP contribution < -0.4 is 4.90 Å². The van der Waals surface area contributed by atoms with Gasteiger partial charge in [-0.1, -0.05) is 24.6 Å². The van der Waals surface area contributed by atoms with E-state index in [0.717, 1.165) is 51.8 Å². The van der Waals surface area contributed by atoms with Gasteiger partial charge in [0.15, 0.2) is 0 Å². The van der Waals surface area contributed by atoms with Crippen molar-refractivity contribution in [1.29, 1.82) is 0 Å². The molecule has 1 N–H and O–H groups in total. The molecule has 1 fully saturated rings. The molecule has 1 aliphatic rings. The molecule has 0 unspecified atom stereocenters. The van der Waals surface area contributed by atoms with Crippen LogP contribution in [0.2, 0.25) is 5.02 Å². The van der Waals surface area contributed by atoms with Crippen molar-refractivity contribution in [3.63, 3.8) is 0 Å². The number of anilines is 1. The fraction of sp³-hybridized carbons (Fsp3) is 0.318. The van der Waals surface area contributed by atoms with Crippen molar-refractivity contribution >= 4 is 28.3 Å². The molecule has 4 aromatic rings. The van der Waals surface area contributed by atoms with Gasteiger partial charge in [-0.3, -0.25) is 0 Å². The monoisotopic (exact) mass is 406 g/mol. The number of aromatic amines is 1. The van der Waals surface area contributed by atoms with Gasteiger partial charge < -0.3 is 9.88 Å². The van der Waals surface area contributed by atoms with E-state index in [0.29, 0.717) is 5.92 Å². The summed E-state index contributed by atoms with van der Waals surface area (Å²) in [6.45, 7) is 7.42. The molecule has 0 aliphatic carbocycles. The maximum atomic E-state index is 6.27. The highest BCUT2D eigenvalue weighted by Crippen LogP contribution is 2.42. The predicted molar refractivity (Wildman–Crippen MR) is 116 cm³/mol. The number of aryl methyl sites for hydroxylation is 2. The van der Waals surface area contributed by atoms with Crippen molar-refractivity contribution in [2.24, 2.45) is 5.92 Å². The third-order valence-corrected chi connectivity index (χ3v) is 6.03. The molecular weight excluding hydrogens is 384 g/mol. The van der Waals surface area contributed by atoms with E-state index in [1.54, 1.807) is 17.2 Å². The van der Waals surface area contributed by atoms with E-state index in [1.807, 2.05) is 12.1 Å². The number of H-pyrrole nitrogens is 1. The van der Waals surface area contributed by atoms with E-state index < -0.39 is 0 Å². The average molecular weight is 407 g/mol. The molecule has 29 heavy (non-hydrogen) atoms. The van der Waals surface area contributed by atoms with Gasteiger partial charge >= 0.3 is 0 Å². The zero-order valence-corrected chi connectivity index (χ0v) is 17.5. The summed E-state index contributed by atoms with van der Waals surface area (Å²) in [5, 5.41) is 9.45. The summed E-state index contributed by atoms with van der Waals surface area (Å²) < 4.78 is 0. The zero-order valence-electron chi connectivity index (χ0n) is 16.7. The molecule has 1 saturated heterocycles. The van der Waals surface area contributed by atoms with Gasteiger partial charge in [0.2, 0.25) is 0 Å². The van der Waals surface area contributed by atoms with Crippen molar-refractivity contribution in [1.82, 2.24) is 25.0 Å². The number of imidazole rings is 1. The largest absolute Gasteiger partial charge is 0.359 e. The fourth-order valence-corrected chi connectivity index (χ4v) is 4.69. The molecule has 2 atom stereocenters. The van der Waals surface area contributed by atoms with Gasteiger partial charge in [-0.2, -0.15) is 10.2 Å². The van der Waals surface area contributed by atoms with E-state index in [4.69, 9.17) is 16.6 Å².